The molecule has 0 radical (unpaired) electrons. The number of nitrogens with zero attached hydrogens (tertiary/aromatic N) is 1. The molecule has 0 N–H and O–H groups in total. The minimum Gasteiger partial charge on any atom is -0.879 e. The summed E-state index contributed by atoms with van der Waals surface area (Å²) in [6, 6.07) is 7.22. The maximum atomic E-state index is 10.3. The largest absolute Gasteiger partial charge is 0.879 e. The molecule has 0 aliphatic heterocycles. The average molecular weight is 200 g/mol. The van der Waals surface area contributed by atoms with E-state index in [-0.39, 0.29) is 6.54 Å². The highest BCUT2D eigenvalue weighted by molar-refractivity contribution is 7.76. The molecule has 0 saturated carbocycles. The summed E-state index contributed by atoms with van der Waals surface area (Å²) in [6.07, 6.45) is 0. The molecule has 0 atom stereocenters. The molecule has 0 saturated heterocycles. The Balaban J connectivity index is 2.76. The highest BCUT2D eigenvalue weighted by atomic mass is 35.5. The summed E-state index contributed by atoms with van der Waals surface area (Å²) in [7, 11) is 0. The summed E-state index contributed by atoms with van der Waals surface area (Å²) in [5, 5.41) is 10.4. The monoisotopic (exact) mass is 199 g/mol. The van der Waals surface area contributed by atoms with Crippen LogP contribution in [0.2, 0.25) is 5.02 Å². The molecule has 2 nitrogen and oxygen atoms in total. The Bertz CT molecular complexity index is 297. The second kappa shape index (κ2) is 4.28. The molecule has 0 aromatic heterocycles. The maximum Gasteiger partial charge on any atom is 0.0622 e. The fraction of sp³-hybridized carbons (Fsp3) is 0.125. The Morgan fingerprint density at radius 2 is 2.17 bits per heavy atom. The summed E-state index contributed by atoms with van der Waals surface area (Å²) >= 11 is 10.1. The molecule has 0 bridgehead atoms. The number of aliphatic imine (C=N–C) groups is 1. The standard InChI is InChI=1S/C8H8ClNOS/c9-7-4-2-1-3-6(7)5-10-8(11)12/h1-4H,5H2,(H2,10,11,12)/p-2. The van der Waals surface area contributed by atoms with Gasteiger partial charge in [0.2, 0.25) is 0 Å². The van der Waals surface area contributed by atoms with E-state index in [4.69, 9.17) is 11.6 Å². The molecule has 0 unspecified atom stereocenters. The molecule has 0 spiro atoms. The van der Waals surface area contributed by atoms with Crippen molar-refractivity contribution >= 4 is 29.5 Å². The number of benzene rings is 1. The molecule has 0 fully saturated rings. The fourth-order valence-corrected chi connectivity index (χ4v) is 1.04. The lowest BCUT2D eigenvalue weighted by Gasteiger charge is -2.15. The van der Waals surface area contributed by atoms with Crippen molar-refractivity contribution in [1.82, 2.24) is 0 Å². The van der Waals surface area contributed by atoms with Crippen molar-refractivity contribution in [3.8, 4) is 0 Å². The lowest BCUT2D eigenvalue weighted by Crippen LogP contribution is -2.13. The number of hydrogen-bond acceptors (Lipinski definition) is 3. The van der Waals surface area contributed by atoms with Crippen LogP contribution in [-0.2, 0) is 19.2 Å². The topological polar surface area (TPSA) is 35.4 Å². The zero-order chi connectivity index (χ0) is 8.97. The van der Waals surface area contributed by atoms with Crippen molar-refractivity contribution in [2.75, 3.05) is 0 Å². The molecule has 1 rings (SSSR count). The SMILES string of the molecule is [O-]C([S-])=NCc1ccccc1Cl. The molecular weight excluding hydrogens is 194 g/mol. The first-order chi connectivity index (χ1) is 5.70. The van der Waals surface area contributed by atoms with Crippen molar-refractivity contribution in [3.05, 3.63) is 34.9 Å². The van der Waals surface area contributed by atoms with Gasteiger partial charge in [-0.3, -0.25) is 0 Å². The molecule has 4 heteroatoms. The quantitative estimate of drug-likeness (QED) is 0.406. The van der Waals surface area contributed by atoms with Crippen molar-refractivity contribution in [1.29, 1.82) is 0 Å². The predicted octanol–water partition coefficient (Wildman–Crippen LogP) is 1.10. The van der Waals surface area contributed by atoms with Gasteiger partial charge in [-0.25, -0.2) is 0 Å². The average Bonchev–Trinajstić information content (AvgIpc) is 2.03. The van der Waals surface area contributed by atoms with E-state index >= 15 is 0 Å². The first-order valence-corrected chi connectivity index (χ1v) is 4.10. The van der Waals surface area contributed by atoms with Crippen LogP contribution in [0.5, 0.6) is 0 Å². The third-order valence-corrected chi connectivity index (χ3v) is 1.83. The van der Waals surface area contributed by atoms with Crippen LogP contribution < -0.4 is 5.11 Å². The van der Waals surface area contributed by atoms with Gasteiger partial charge in [0.25, 0.3) is 0 Å². The molecular formula is C8H6ClNOS-2. The zero-order valence-corrected chi connectivity index (χ0v) is 7.73. The van der Waals surface area contributed by atoms with E-state index in [0.717, 1.165) is 5.56 Å². The number of rotatable bonds is 2. The van der Waals surface area contributed by atoms with Gasteiger partial charge in [-0.2, -0.15) is 5.23 Å². The molecule has 0 aliphatic carbocycles. The van der Waals surface area contributed by atoms with Crippen molar-refractivity contribution < 1.29 is 5.11 Å². The van der Waals surface area contributed by atoms with Crippen LogP contribution in [-0.4, -0.2) is 5.23 Å². The van der Waals surface area contributed by atoms with Crippen LogP contribution in [0, 0.1) is 0 Å². The van der Waals surface area contributed by atoms with Gasteiger partial charge in [-0.15, -0.1) is 0 Å². The summed E-state index contributed by atoms with van der Waals surface area (Å²) in [4.78, 5) is 3.55. The Morgan fingerprint density at radius 3 is 2.75 bits per heavy atom. The third kappa shape index (κ3) is 2.68. The van der Waals surface area contributed by atoms with Crippen LogP contribution >= 0.6 is 11.6 Å². The normalized spacial score (nSPS) is 11.6. The first-order valence-electron chi connectivity index (χ1n) is 3.32. The summed E-state index contributed by atoms with van der Waals surface area (Å²) < 4.78 is 0. The molecule has 0 heterocycles. The fourth-order valence-electron chi connectivity index (χ4n) is 0.776. The molecule has 0 amide bonds. The van der Waals surface area contributed by atoms with Gasteiger partial charge in [0, 0.05) is 5.02 Å². The maximum absolute atomic E-state index is 10.3. The Hall–Kier alpha value is -0.800. The van der Waals surface area contributed by atoms with E-state index in [1.165, 1.54) is 0 Å². The van der Waals surface area contributed by atoms with Crippen LogP contribution in [0.3, 0.4) is 0 Å². The molecule has 1 aromatic rings. The predicted molar refractivity (Wildman–Crippen MR) is 50.0 cm³/mol. The molecule has 1 aromatic carbocycles. The van der Waals surface area contributed by atoms with E-state index in [1.807, 2.05) is 18.2 Å². The van der Waals surface area contributed by atoms with E-state index in [2.05, 4.69) is 17.6 Å². The Kier molecular flexibility index (Phi) is 3.31. The smallest absolute Gasteiger partial charge is 0.0622 e. The van der Waals surface area contributed by atoms with E-state index in [9.17, 15) is 5.11 Å². The second-order valence-electron chi connectivity index (χ2n) is 2.17. The minimum absolute atomic E-state index is 0.266. The summed E-state index contributed by atoms with van der Waals surface area (Å²) in [5.41, 5.74) is 0.817. The van der Waals surface area contributed by atoms with Crippen LogP contribution in [0.4, 0.5) is 0 Å². The highest BCUT2D eigenvalue weighted by Gasteiger charge is 1.94. The van der Waals surface area contributed by atoms with Gasteiger partial charge < -0.3 is 22.7 Å². The van der Waals surface area contributed by atoms with Gasteiger partial charge in [0.05, 0.1) is 6.54 Å². The van der Waals surface area contributed by atoms with E-state index in [0.29, 0.717) is 5.02 Å². The Labute approximate surface area is 81.3 Å². The molecule has 12 heavy (non-hydrogen) atoms. The van der Waals surface area contributed by atoms with Gasteiger partial charge in [-0.1, -0.05) is 29.8 Å². The van der Waals surface area contributed by atoms with E-state index < -0.39 is 5.23 Å². The third-order valence-electron chi connectivity index (χ3n) is 1.34. The van der Waals surface area contributed by atoms with Gasteiger partial charge in [0.15, 0.2) is 0 Å². The summed E-state index contributed by atoms with van der Waals surface area (Å²) in [6.45, 7) is 0.266. The lowest BCUT2D eigenvalue weighted by molar-refractivity contribution is -0.206. The summed E-state index contributed by atoms with van der Waals surface area (Å²) in [5.74, 6) is 0. The Morgan fingerprint density at radius 1 is 1.50 bits per heavy atom. The zero-order valence-electron chi connectivity index (χ0n) is 6.16. The number of hydrogen-bond donors (Lipinski definition) is 0. The molecule has 64 valence electrons. The van der Waals surface area contributed by atoms with Crippen molar-refractivity contribution in [3.63, 3.8) is 0 Å². The second-order valence-corrected chi connectivity index (χ2v) is 2.93. The van der Waals surface area contributed by atoms with Crippen LogP contribution in [0.1, 0.15) is 5.56 Å². The molecule has 0 aliphatic rings. The van der Waals surface area contributed by atoms with Crippen LogP contribution in [0.25, 0.3) is 0 Å². The van der Waals surface area contributed by atoms with Crippen molar-refractivity contribution in [2.45, 2.75) is 6.54 Å². The van der Waals surface area contributed by atoms with E-state index in [1.54, 1.807) is 6.07 Å². The first kappa shape index (κ1) is 9.29. The lowest BCUT2D eigenvalue weighted by atomic mass is 10.2. The minimum atomic E-state index is -0.588. The van der Waals surface area contributed by atoms with Gasteiger partial charge in [0.1, 0.15) is 0 Å². The van der Waals surface area contributed by atoms with Crippen LogP contribution in [0.15, 0.2) is 29.3 Å². The highest BCUT2D eigenvalue weighted by Crippen LogP contribution is 2.15. The number of halogens is 1. The van der Waals surface area contributed by atoms with Gasteiger partial charge >= 0.3 is 0 Å². The van der Waals surface area contributed by atoms with Crippen molar-refractivity contribution in [2.24, 2.45) is 4.99 Å². The van der Waals surface area contributed by atoms with Gasteiger partial charge in [-0.05, 0) is 11.6 Å².